The van der Waals surface area contributed by atoms with Gasteiger partial charge in [0.2, 0.25) is 0 Å². The van der Waals surface area contributed by atoms with Gasteiger partial charge in [0.1, 0.15) is 17.5 Å². The molecule has 0 saturated heterocycles. The van der Waals surface area contributed by atoms with E-state index in [1.807, 2.05) is 18.2 Å². The van der Waals surface area contributed by atoms with E-state index in [4.69, 9.17) is 0 Å². The Morgan fingerprint density at radius 1 is 0.906 bits per heavy atom. The highest BCUT2D eigenvalue weighted by Gasteiger charge is 2.21. The van der Waals surface area contributed by atoms with Crippen LogP contribution in [0.2, 0.25) is 0 Å². The van der Waals surface area contributed by atoms with Crippen molar-refractivity contribution in [3.63, 3.8) is 0 Å². The van der Waals surface area contributed by atoms with Crippen molar-refractivity contribution in [3.05, 3.63) is 124 Å². The molecule has 2 aromatic carbocycles. The molecular weight excluding hydrogens is 412 g/mol. The molecule has 4 rings (SSSR count). The van der Waals surface area contributed by atoms with Gasteiger partial charge < -0.3 is 5.32 Å². The van der Waals surface area contributed by atoms with E-state index in [0.717, 1.165) is 17.7 Å². The minimum Gasteiger partial charge on any atom is -0.370 e. The van der Waals surface area contributed by atoms with E-state index in [1.165, 1.54) is 16.7 Å². The molecule has 0 atom stereocenters. The van der Waals surface area contributed by atoms with Gasteiger partial charge in [0.05, 0.1) is 16.8 Å². The molecule has 32 heavy (non-hydrogen) atoms. The Kier molecular flexibility index (Phi) is 6.17. The third kappa shape index (κ3) is 4.46. The van der Waals surface area contributed by atoms with E-state index >= 15 is 0 Å². The van der Waals surface area contributed by atoms with Gasteiger partial charge in [0.15, 0.2) is 5.78 Å². The fourth-order valence-electron chi connectivity index (χ4n) is 3.42. The van der Waals surface area contributed by atoms with Crippen LogP contribution in [-0.2, 0) is 6.42 Å². The first-order chi connectivity index (χ1) is 15.5. The lowest BCUT2D eigenvalue weighted by Gasteiger charge is -2.18. The van der Waals surface area contributed by atoms with Crippen molar-refractivity contribution in [2.24, 2.45) is 0 Å². The van der Waals surface area contributed by atoms with E-state index < -0.39 is 17.4 Å². The van der Waals surface area contributed by atoms with Gasteiger partial charge in [-0.05, 0) is 54.4 Å². The molecule has 0 fully saturated rings. The monoisotopic (exact) mass is 431 g/mol. The van der Waals surface area contributed by atoms with Gasteiger partial charge in [0.25, 0.3) is 5.56 Å². The van der Waals surface area contributed by atoms with E-state index in [0.29, 0.717) is 24.7 Å². The largest absolute Gasteiger partial charge is 0.370 e. The zero-order valence-electron chi connectivity index (χ0n) is 17.0. The molecule has 0 unspecified atom stereocenters. The summed E-state index contributed by atoms with van der Waals surface area (Å²) < 4.78 is 29.1. The maximum Gasteiger partial charge on any atom is 0.256 e. The van der Waals surface area contributed by atoms with Crippen LogP contribution in [0.5, 0.6) is 0 Å². The van der Waals surface area contributed by atoms with E-state index in [2.05, 4.69) is 10.3 Å². The maximum absolute atomic E-state index is 14.3. The van der Waals surface area contributed by atoms with Gasteiger partial charge in [-0.3, -0.25) is 19.1 Å². The number of carbonyl (C=O) groups excluding carboxylic acids is 1. The van der Waals surface area contributed by atoms with E-state index in [1.54, 1.807) is 36.7 Å². The summed E-state index contributed by atoms with van der Waals surface area (Å²) in [5.74, 6) is -2.15. The van der Waals surface area contributed by atoms with Gasteiger partial charge in [0, 0.05) is 31.1 Å². The minimum atomic E-state index is -0.963. The fourth-order valence-corrected chi connectivity index (χ4v) is 3.42. The van der Waals surface area contributed by atoms with Crippen molar-refractivity contribution in [2.45, 2.75) is 6.42 Å². The van der Waals surface area contributed by atoms with Crippen LogP contribution in [0.4, 0.5) is 14.6 Å². The highest BCUT2D eigenvalue weighted by atomic mass is 19.1. The Morgan fingerprint density at radius 3 is 2.34 bits per heavy atom. The molecule has 0 amide bonds. The van der Waals surface area contributed by atoms with Gasteiger partial charge >= 0.3 is 0 Å². The molecule has 5 nitrogen and oxygen atoms in total. The summed E-state index contributed by atoms with van der Waals surface area (Å²) in [6.45, 7) is 0.409. The first-order valence-corrected chi connectivity index (χ1v) is 9.98. The topological polar surface area (TPSA) is 64.0 Å². The Bertz CT molecular complexity index is 1310. The predicted octanol–water partition coefficient (Wildman–Crippen LogP) is 4.40. The normalized spacial score (nSPS) is 10.7. The molecule has 0 spiro atoms. The number of para-hydroxylation sites is 1. The average molecular weight is 431 g/mol. The van der Waals surface area contributed by atoms with Crippen LogP contribution < -0.4 is 10.9 Å². The maximum atomic E-state index is 14.3. The average Bonchev–Trinajstić information content (AvgIpc) is 2.80. The van der Waals surface area contributed by atoms with Crippen LogP contribution in [0.3, 0.4) is 0 Å². The lowest BCUT2D eigenvalue weighted by molar-refractivity contribution is 0.103. The van der Waals surface area contributed by atoms with Crippen LogP contribution in [0.15, 0.2) is 90.0 Å². The second kappa shape index (κ2) is 9.34. The van der Waals surface area contributed by atoms with Crippen LogP contribution in [0.1, 0.15) is 21.5 Å². The van der Waals surface area contributed by atoms with Crippen molar-refractivity contribution >= 4 is 11.6 Å². The summed E-state index contributed by atoms with van der Waals surface area (Å²) >= 11 is 0. The molecule has 0 radical (unpaired) electrons. The minimum absolute atomic E-state index is 0.105. The summed E-state index contributed by atoms with van der Waals surface area (Å²) in [5, 5.41) is 3.18. The second-order valence-electron chi connectivity index (χ2n) is 7.09. The number of nitrogens with zero attached hydrogens (tertiary/aromatic N) is 2. The van der Waals surface area contributed by atoms with Crippen molar-refractivity contribution in [2.75, 3.05) is 11.9 Å². The number of aromatic nitrogens is 2. The summed E-state index contributed by atoms with van der Waals surface area (Å²) in [5.41, 5.74) is 1.06. The van der Waals surface area contributed by atoms with Crippen LogP contribution >= 0.6 is 0 Å². The summed E-state index contributed by atoms with van der Waals surface area (Å²) in [7, 11) is 0. The van der Waals surface area contributed by atoms with Crippen LogP contribution in [0, 0.1) is 11.6 Å². The number of anilines is 1. The Balaban J connectivity index is 1.78. The van der Waals surface area contributed by atoms with Gasteiger partial charge in [-0.1, -0.05) is 18.2 Å². The number of benzene rings is 2. The molecule has 0 saturated carbocycles. The van der Waals surface area contributed by atoms with Crippen LogP contribution in [0.25, 0.3) is 5.69 Å². The van der Waals surface area contributed by atoms with Crippen molar-refractivity contribution in [1.29, 1.82) is 0 Å². The summed E-state index contributed by atoms with van der Waals surface area (Å²) in [4.78, 5) is 30.0. The Labute approximate surface area is 183 Å². The number of carbonyl (C=O) groups is 1. The molecule has 1 N–H and O–H groups in total. The van der Waals surface area contributed by atoms with Gasteiger partial charge in [-0.25, -0.2) is 8.78 Å². The Hall–Kier alpha value is -4.13. The third-order valence-electron chi connectivity index (χ3n) is 4.98. The quantitative estimate of drug-likeness (QED) is 0.441. The third-order valence-corrected chi connectivity index (χ3v) is 4.98. The number of ketones is 1. The number of rotatable bonds is 7. The molecule has 4 aromatic rings. The van der Waals surface area contributed by atoms with Crippen LogP contribution in [-0.4, -0.2) is 21.9 Å². The lowest BCUT2D eigenvalue weighted by atomic mass is 10.0. The molecule has 0 aliphatic heterocycles. The molecule has 2 heterocycles. The Morgan fingerprint density at radius 2 is 1.62 bits per heavy atom. The smallest absolute Gasteiger partial charge is 0.256 e. The SMILES string of the molecule is O=C(c1ccc(F)cc1F)c1ccc(=O)n(-c2ccccc2)c1NCCc1ccncc1. The van der Waals surface area contributed by atoms with Crippen molar-refractivity contribution in [3.8, 4) is 5.69 Å². The molecule has 0 aliphatic rings. The first kappa shape index (κ1) is 21.1. The first-order valence-electron chi connectivity index (χ1n) is 9.98. The molecule has 2 aromatic heterocycles. The number of nitrogens with one attached hydrogen (secondary N) is 1. The molecule has 0 bridgehead atoms. The highest BCUT2D eigenvalue weighted by Crippen LogP contribution is 2.23. The number of hydrogen-bond acceptors (Lipinski definition) is 4. The standard InChI is InChI=1S/C25H19F2N3O2/c26-18-6-7-20(22(27)16-18)24(32)21-8-9-23(31)30(19-4-2-1-3-5-19)25(21)29-15-12-17-10-13-28-14-11-17/h1-11,13-14,16,29H,12,15H2. The van der Waals surface area contributed by atoms with Crippen molar-refractivity contribution < 1.29 is 13.6 Å². The predicted molar refractivity (Wildman–Crippen MR) is 118 cm³/mol. The van der Waals surface area contributed by atoms with E-state index in [-0.39, 0.29) is 22.5 Å². The second-order valence-corrected chi connectivity index (χ2v) is 7.09. The zero-order valence-corrected chi connectivity index (χ0v) is 17.0. The molecule has 7 heteroatoms. The number of pyridine rings is 2. The molecule has 0 aliphatic carbocycles. The van der Waals surface area contributed by atoms with E-state index in [9.17, 15) is 18.4 Å². The van der Waals surface area contributed by atoms with Crippen molar-refractivity contribution in [1.82, 2.24) is 9.55 Å². The molecule has 160 valence electrons. The summed E-state index contributed by atoms with van der Waals surface area (Å²) in [6, 6.07) is 18.0. The number of halogens is 2. The highest BCUT2D eigenvalue weighted by molar-refractivity contribution is 6.12. The zero-order chi connectivity index (χ0) is 22.5. The number of hydrogen-bond donors (Lipinski definition) is 1. The lowest BCUT2D eigenvalue weighted by Crippen LogP contribution is -2.25. The van der Waals surface area contributed by atoms with Gasteiger partial charge in [-0.2, -0.15) is 0 Å². The van der Waals surface area contributed by atoms with Gasteiger partial charge in [-0.15, -0.1) is 0 Å². The summed E-state index contributed by atoms with van der Waals surface area (Å²) in [6.07, 6.45) is 3.98. The molecular formula is C25H19F2N3O2. The fraction of sp³-hybridized carbons (Fsp3) is 0.0800.